The molecule has 112 valence electrons. The van der Waals surface area contributed by atoms with Gasteiger partial charge in [-0.2, -0.15) is 0 Å². The van der Waals surface area contributed by atoms with E-state index < -0.39 is 0 Å². The Hall–Kier alpha value is -1.43. The SMILES string of the molecule is CC(O)CCN(C)CCC(=O)Nc1ccc(CN)cc1. The van der Waals surface area contributed by atoms with Crippen molar-refractivity contribution in [2.24, 2.45) is 5.73 Å². The molecule has 0 fully saturated rings. The van der Waals surface area contributed by atoms with E-state index in [1.165, 1.54) is 0 Å². The predicted molar refractivity (Wildman–Crippen MR) is 81.4 cm³/mol. The van der Waals surface area contributed by atoms with Crippen molar-refractivity contribution in [3.05, 3.63) is 29.8 Å². The molecule has 0 saturated carbocycles. The number of aliphatic hydroxyl groups excluding tert-OH is 1. The van der Waals surface area contributed by atoms with Crippen LogP contribution in [-0.4, -0.2) is 42.2 Å². The zero-order valence-electron chi connectivity index (χ0n) is 12.3. The van der Waals surface area contributed by atoms with Gasteiger partial charge < -0.3 is 21.1 Å². The molecule has 5 nitrogen and oxygen atoms in total. The molecule has 1 unspecified atom stereocenters. The Morgan fingerprint density at radius 2 is 2.00 bits per heavy atom. The van der Waals surface area contributed by atoms with E-state index >= 15 is 0 Å². The molecule has 0 spiro atoms. The highest BCUT2D eigenvalue weighted by Gasteiger charge is 2.06. The smallest absolute Gasteiger partial charge is 0.225 e. The summed E-state index contributed by atoms with van der Waals surface area (Å²) in [6, 6.07) is 7.53. The fraction of sp³-hybridized carbons (Fsp3) is 0.533. The Bertz CT molecular complexity index is 404. The van der Waals surface area contributed by atoms with Gasteiger partial charge in [0, 0.05) is 31.7 Å². The Kier molecular flexibility index (Phi) is 7.22. The molecule has 0 aliphatic rings. The normalized spacial score (nSPS) is 12.4. The molecule has 20 heavy (non-hydrogen) atoms. The number of hydrogen-bond acceptors (Lipinski definition) is 4. The Morgan fingerprint density at radius 1 is 1.35 bits per heavy atom. The van der Waals surface area contributed by atoms with Crippen molar-refractivity contribution in [3.63, 3.8) is 0 Å². The fourth-order valence-electron chi connectivity index (χ4n) is 1.76. The van der Waals surface area contributed by atoms with Crippen LogP contribution >= 0.6 is 0 Å². The quantitative estimate of drug-likeness (QED) is 0.667. The summed E-state index contributed by atoms with van der Waals surface area (Å²) in [7, 11) is 1.95. The maximum Gasteiger partial charge on any atom is 0.225 e. The summed E-state index contributed by atoms with van der Waals surface area (Å²) >= 11 is 0. The van der Waals surface area contributed by atoms with Gasteiger partial charge in [-0.1, -0.05) is 12.1 Å². The molecule has 5 heteroatoms. The van der Waals surface area contributed by atoms with Crippen LogP contribution in [0.15, 0.2) is 24.3 Å². The summed E-state index contributed by atoms with van der Waals surface area (Å²) in [5.41, 5.74) is 7.35. The first-order valence-electron chi connectivity index (χ1n) is 6.96. The summed E-state index contributed by atoms with van der Waals surface area (Å²) in [6.45, 7) is 3.74. The van der Waals surface area contributed by atoms with Crippen LogP contribution in [0.5, 0.6) is 0 Å². The molecule has 0 aromatic heterocycles. The molecule has 0 radical (unpaired) electrons. The highest BCUT2D eigenvalue weighted by Crippen LogP contribution is 2.09. The number of benzene rings is 1. The number of anilines is 1. The second-order valence-electron chi connectivity index (χ2n) is 5.14. The molecule has 1 aromatic carbocycles. The third kappa shape index (κ3) is 6.65. The summed E-state index contributed by atoms with van der Waals surface area (Å²) in [4.78, 5) is 13.8. The number of nitrogens with one attached hydrogen (secondary N) is 1. The van der Waals surface area contributed by atoms with Crippen LogP contribution in [0.3, 0.4) is 0 Å². The van der Waals surface area contributed by atoms with Gasteiger partial charge in [-0.25, -0.2) is 0 Å². The molecule has 1 amide bonds. The molecule has 1 aromatic rings. The van der Waals surface area contributed by atoms with E-state index in [-0.39, 0.29) is 12.0 Å². The van der Waals surface area contributed by atoms with Crippen LogP contribution in [0.2, 0.25) is 0 Å². The lowest BCUT2D eigenvalue weighted by Crippen LogP contribution is -2.26. The lowest BCUT2D eigenvalue weighted by Gasteiger charge is -2.17. The van der Waals surface area contributed by atoms with E-state index in [0.29, 0.717) is 19.5 Å². The van der Waals surface area contributed by atoms with Crippen LogP contribution < -0.4 is 11.1 Å². The third-order valence-electron chi connectivity index (χ3n) is 3.12. The van der Waals surface area contributed by atoms with Crippen LogP contribution in [0.1, 0.15) is 25.3 Å². The van der Waals surface area contributed by atoms with Crippen LogP contribution in [-0.2, 0) is 11.3 Å². The summed E-state index contributed by atoms with van der Waals surface area (Å²) in [6.07, 6.45) is 0.862. The molecule has 0 heterocycles. The second kappa shape index (κ2) is 8.68. The largest absolute Gasteiger partial charge is 0.393 e. The van der Waals surface area contributed by atoms with Gasteiger partial charge in [0.2, 0.25) is 5.91 Å². The van der Waals surface area contributed by atoms with Crippen molar-refractivity contribution in [1.29, 1.82) is 0 Å². The minimum Gasteiger partial charge on any atom is -0.393 e. The van der Waals surface area contributed by atoms with Gasteiger partial charge in [-0.05, 0) is 38.1 Å². The number of nitrogens with zero attached hydrogens (tertiary/aromatic N) is 1. The predicted octanol–water partition coefficient (Wildman–Crippen LogP) is 1.18. The molecule has 1 atom stereocenters. The monoisotopic (exact) mass is 279 g/mol. The van der Waals surface area contributed by atoms with Crippen molar-refractivity contribution in [2.45, 2.75) is 32.4 Å². The second-order valence-corrected chi connectivity index (χ2v) is 5.14. The number of aliphatic hydroxyl groups is 1. The topological polar surface area (TPSA) is 78.6 Å². The first-order valence-corrected chi connectivity index (χ1v) is 6.96. The van der Waals surface area contributed by atoms with Gasteiger partial charge >= 0.3 is 0 Å². The third-order valence-corrected chi connectivity index (χ3v) is 3.12. The minimum absolute atomic E-state index is 0.00519. The average molecular weight is 279 g/mol. The maximum atomic E-state index is 11.8. The molecule has 1 rings (SSSR count). The standard InChI is InChI=1S/C15H25N3O2/c1-12(19)7-9-18(2)10-8-15(20)17-14-5-3-13(11-16)4-6-14/h3-6,12,19H,7-11,16H2,1-2H3,(H,17,20). The van der Waals surface area contributed by atoms with Crippen molar-refractivity contribution in [1.82, 2.24) is 4.90 Å². The number of carbonyl (C=O) groups excluding carboxylic acids is 1. The summed E-state index contributed by atoms with van der Waals surface area (Å²) in [5, 5.41) is 12.1. The van der Waals surface area contributed by atoms with Gasteiger partial charge in [-0.3, -0.25) is 4.79 Å². The van der Waals surface area contributed by atoms with Crippen molar-refractivity contribution in [3.8, 4) is 0 Å². The van der Waals surface area contributed by atoms with Gasteiger partial charge in [0.25, 0.3) is 0 Å². The average Bonchev–Trinajstić information content (AvgIpc) is 2.43. The van der Waals surface area contributed by atoms with Crippen LogP contribution in [0, 0.1) is 0 Å². The molecule has 0 saturated heterocycles. The lowest BCUT2D eigenvalue weighted by atomic mass is 10.2. The first kappa shape index (κ1) is 16.6. The molecule has 0 aliphatic heterocycles. The zero-order chi connectivity index (χ0) is 15.0. The van der Waals surface area contributed by atoms with Gasteiger partial charge in [-0.15, -0.1) is 0 Å². The summed E-state index contributed by atoms with van der Waals surface area (Å²) in [5.74, 6) is -0.00519. The lowest BCUT2D eigenvalue weighted by molar-refractivity contribution is -0.116. The van der Waals surface area contributed by atoms with Crippen molar-refractivity contribution >= 4 is 11.6 Å². The Labute approximate surface area is 120 Å². The van der Waals surface area contributed by atoms with E-state index in [4.69, 9.17) is 5.73 Å². The number of hydrogen-bond donors (Lipinski definition) is 3. The molecule has 0 bridgehead atoms. The Balaban J connectivity index is 2.28. The van der Waals surface area contributed by atoms with Gasteiger partial charge in [0.1, 0.15) is 0 Å². The summed E-state index contributed by atoms with van der Waals surface area (Å²) < 4.78 is 0. The molecule has 4 N–H and O–H groups in total. The van der Waals surface area contributed by atoms with E-state index in [1.54, 1.807) is 6.92 Å². The van der Waals surface area contributed by atoms with Crippen LogP contribution in [0.25, 0.3) is 0 Å². The molecule has 0 aliphatic carbocycles. The molecular weight excluding hydrogens is 254 g/mol. The number of rotatable bonds is 8. The highest BCUT2D eigenvalue weighted by atomic mass is 16.3. The number of nitrogens with two attached hydrogens (primary N) is 1. The van der Waals surface area contributed by atoms with E-state index in [1.807, 2.05) is 36.2 Å². The Morgan fingerprint density at radius 3 is 2.55 bits per heavy atom. The van der Waals surface area contributed by atoms with Crippen molar-refractivity contribution < 1.29 is 9.90 Å². The van der Waals surface area contributed by atoms with E-state index in [9.17, 15) is 9.90 Å². The minimum atomic E-state index is -0.299. The highest BCUT2D eigenvalue weighted by molar-refractivity contribution is 5.90. The maximum absolute atomic E-state index is 11.8. The fourth-order valence-corrected chi connectivity index (χ4v) is 1.76. The van der Waals surface area contributed by atoms with Gasteiger partial charge in [0.15, 0.2) is 0 Å². The number of amides is 1. The molecular formula is C15H25N3O2. The van der Waals surface area contributed by atoms with Crippen molar-refractivity contribution in [2.75, 3.05) is 25.5 Å². The van der Waals surface area contributed by atoms with E-state index in [0.717, 1.165) is 24.2 Å². The zero-order valence-corrected chi connectivity index (χ0v) is 12.3. The first-order chi connectivity index (χ1) is 9.51. The number of carbonyl (C=O) groups is 1. The van der Waals surface area contributed by atoms with Crippen LogP contribution in [0.4, 0.5) is 5.69 Å². The van der Waals surface area contributed by atoms with Gasteiger partial charge in [0.05, 0.1) is 6.10 Å². The van der Waals surface area contributed by atoms with E-state index in [2.05, 4.69) is 5.32 Å².